The predicted molar refractivity (Wildman–Crippen MR) is 93.4 cm³/mol. The Morgan fingerprint density at radius 2 is 1.85 bits per heavy atom. The Bertz CT molecular complexity index is 880. The van der Waals surface area contributed by atoms with Gasteiger partial charge in [0.25, 0.3) is 11.6 Å². The number of rotatable bonds is 3. The maximum absolute atomic E-state index is 13.1. The zero-order chi connectivity index (χ0) is 19.2. The summed E-state index contributed by atoms with van der Waals surface area (Å²) in [6, 6.07) is 8.82. The number of likely N-dealkylation sites (N-methyl/N-ethyl adjacent to an activating group) is 1. The largest absolute Gasteiger partial charge is 0.390 e. The van der Waals surface area contributed by atoms with Crippen LogP contribution in [0.25, 0.3) is 0 Å². The standard InChI is InChI=1S/C19H19FN2O4/c1-19(2)15-9-8-13(22(25)26)10-14(15)16(17(19)23)21(3)18(24)11-4-6-12(20)7-5-11/h4-10,16-17,23H,1-3H3/t16-,17+/m0/s1. The van der Waals surface area contributed by atoms with Crippen LogP contribution in [-0.2, 0) is 5.41 Å². The van der Waals surface area contributed by atoms with E-state index in [4.69, 9.17) is 0 Å². The molecule has 0 spiro atoms. The lowest BCUT2D eigenvalue weighted by Gasteiger charge is -2.32. The highest BCUT2D eigenvalue weighted by molar-refractivity contribution is 5.94. The summed E-state index contributed by atoms with van der Waals surface area (Å²) in [5.74, 6) is -0.851. The van der Waals surface area contributed by atoms with Gasteiger partial charge in [-0.05, 0) is 35.4 Å². The highest BCUT2D eigenvalue weighted by Crippen LogP contribution is 2.48. The number of nitro groups is 1. The van der Waals surface area contributed by atoms with Gasteiger partial charge in [0.1, 0.15) is 5.82 Å². The highest BCUT2D eigenvalue weighted by atomic mass is 19.1. The molecular weight excluding hydrogens is 339 g/mol. The van der Waals surface area contributed by atoms with E-state index in [2.05, 4.69) is 0 Å². The first kappa shape index (κ1) is 18.0. The van der Waals surface area contributed by atoms with E-state index >= 15 is 0 Å². The van der Waals surface area contributed by atoms with Crippen molar-refractivity contribution in [1.82, 2.24) is 4.90 Å². The smallest absolute Gasteiger partial charge is 0.269 e. The third-order valence-electron chi connectivity index (χ3n) is 5.13. The maximum atomic E-state index is 13.1. The molecule has 2 aromatic carbocycles. The second kappa shape index (κ2) is 6.17. The van der Waals surface area contributed by atoms with Gasteiger partial charge in [-0.3, -0.25) is 14.9 Å². The second-order valence-electron chi connectivity index (χ2n) is 7.06. The molecule has 1 aliphatic carbocycles. The fourth-order valence-corrected chi connectivity index (χ4v) is 3.56. The molecule has 136 valence electrons. The average Bonchev–Trinajstić information content (AvgIpc) is 2.80. The molecule has 26 heavy (non-hydrogen) atoms. The summed E-state index contributed by atoms with van der Waals surface area (Å²) in [5, 5.41) is 22.0. The molecule has 0 bridgehead atoms. The van der Waals surface area contributed by atoms with Crippen LogP contribution in [0.5, 0.6) is 0 Å². The van der Waals surface area contributed by atoms with Gasteiger partial charge in [-0.25, -0.2) is 4.39 Å². The van der Waals surface area contributed by atoms with Crippen molar-refractivity contribution in [3.63, 3.8) is 0 Å². The number of nitro benzene ring substituents is 1. The number of aliphatic hydroxyl groups is 1. The lowest BCUT2D eigenvalue weighted by atomic mass is 9.84. The van der Waals surface area contributed by atoms with Crippen LogP contribution in [-0.4, -0.2) is 34.0 Å². The van der Waals surface area contributed by atoms with Crippen molar-refractivity contribution in [3.05, 3.63) is 75.1 Å². The van der Waals surface area contributed by atoms with Crippen LogP contribution < -0.4 is 0 Å². The summed E-state index contributed by atoms with van der Waals surface area (Å²) in [5.41, 5.74) is 0.819. The molecule has 1 N–H and O–H groups in total. The Kier molecular flexibility index (Phi) is 4.28. The van der Waals surface area contributed by atoms with Gasteiger partial charge in [0.15, 0.2) is 0 Å². The first-order chi connectivity index (χ1) is 12.1. The Balaban J connectivity index is 2.04. The number of nitrogens with zero attached hydrogens (tertiary/aromatic N) is 2. The van der Waals surface area contributed by atoms with E-state index in [1.807, 2.05) is 13.8 Å². The van der Waals surface area contributed by atoms with Crippen molar-refractivity contribution in [2.75, 3.05) is 7.05 Å². The molecule has 0 aliphatic heterocycles. The second-order valence-corrected chi connectivity index (χ2v) is 7.06. The number of aliphatic hydroxyl groups excluding tert-OH is 1. The molecule has 2 atom stereocenters. The summed E-state index contributed by atoms with van der Waals surface area (Å²) in [6.45, 7) is 3.66. The molecule has 0 unspecified atom stereocenters. The fraction of sp³-hybridized carbons (Fsp3) is 0.316. The van der Waals surface area contributed by atoms with Crippen LogP contribution in [0.1, 0.15) is 41.4 Å². The molecule has 2 aromatic rings. The van der Waals surface area contributed by atoms with Crippen LogP contribution >= 0.6 is 0 Å². The molecule has 0 saturated heterocycles. The number of carbonyl (C=O) groups excluding carboxylic acids is 1. The summed E-state index contributed by atoms with van der Waals surface area (Å²) in [6.07, 6.45) is -0.936. The normalized spacial score (nSPS) is 20.5. The summed E-state index contributed by atoms with van der Waals surface area (Å²) >= 11 is 0. The number of benzene rings is 2. The first-order valence-electron chi connectivity index (χ1n) is 8.14. The van der Waals surface area contributed by atoms with Gasteiger partial charge in [0.05, 0.1) is 17.1 Å². The minimum Gasteiger partial charge on any atom is -0.390 e. The number of hydrogen-bond acceptors (Lipinski definition) is 4. The SMILES string of the molecule is CN(C(=O)c1ccc(F)cc1)[C@H]1c2cc([N+](=O)[O-])ccc2C(C)(C)[C@@H]1O. The fourth-order valence-electron chi connectivity index (χ4n) is 3.56. The molecule has 0 radical (unpaired) electrons. The van der Waals surface area contributed by atoms with E-state index in [1.54, 1.807) is 6.07 Å². The van der Waals surface area contributed by atoms with Gasteiger partial charge in [0, 0.05) is 30.2 Å². The summed E-state index contributed by atoms with van der Waals surface area (Å²) in [7, 11) is 1.53. The van der Waals surface area contributed by atoms with Crippen LogP contribution in [0.2, 0.25) is 0 Å². The van der Waals surface area contributed by atoms with E-state index in [1.165, 1.54) is 48.3 Å². The van der Waals surface area contributed by atoms with E-state index in [9.17, 15) is 24.4 Å². The van der Waals surface area contributed by atoms with Gasteiger partial charge < -0.3 is 10.0 Å². The van der Waals surface area contributed by atoms with Gasteiger partial charge in [-0.2, -0.15) is 0 Å². The molecular formula is C19H19FN2O4. The maximum Gasteiger partial charge on any atom is 0.269 e. The predicted octanol–water partition coefficient (Wildman–Crippen LogP) is 3.20. The molecule has 3 rings (SSSR count). The van der Waals surface area contributed by atoms with Gasteiger partial charge >= 0.3 is 0 Å². The number of fused-ring (bicyclic) bond motifs is 1. The Morgan fingerprint density at radius 1 is 1.23 bits per heavy atom. The van der Waals surface area contributed by atoms with Crippen molar-refractivity contribution < 1.29 is 19.2 Å². The Hall–Kier alpha value is -2.80. The van der Waals surface area contributed by atoms with Gasteiger partial charge in [-0.15, -0.1) is 0 Å². The van der Waals surface area contributed by atoms with E-state index in [0.717, 1.165) is 5.56 Å². The zero-order valence-corrected chi connectivity index (χ0v) is 14.6. The number of carbonyl (C=O) groups is 1. The lowest BCUT2D eigenvalue weighted by molar-refractivity contribution is -0.384. The van der Waals surface area contributed by atoms with Crippen LogP contribution in [0.3, 0.4) is 0 Å². The molecule has 0 heterocycles. The Morgan fingerprint density at radius 3 is 2.42 bits per heavy atom. The molecule has 6 nitrogen and oxygen atoms in total. The number of non-ortho nitro benzene ring substituents is 1. The quantitative estimate of drug-likeness (QED) is 0.675. The van der Waals surface area contributed by atoms with Crippen molar-refractivity contribution >= 4 is 11.6 Å². The van der Waals surface area contributed by atoms with Crippen LogP contribution in [0.15, 0.2) is 42.5 Å². The minimum atomic E-state index is -0.936. The molecule has 7 heteroatoms. The Labute approximate surface area is 150 Å². The van der Waals surface area contributed by atoms with Gasteiger partial charge in [0.2, 0.25) is 0 Å². The van der Waals surface area contributed by atoms with Crippen LogP contribution in [0, 0.1) is 15.9 Å². The molecule has 0 fully saturated rings. The van der Waals surface area contributed by atoms with E-state index < -0.39 is 34.2 Å². The monoisotopic (exact) mass is 358 g/mol. The van der Waals surface area contributed by atoms with Crippen LogP contribution in [0.4, 0.5) is 10.1 Å². The topological polar surface area (TPSA) is 83.7 Å². The molecule has 0 saturated carbocycles. The minimum absolute atomic E-state index is 0.0960. The van der Waals surface area contributed by atoms with Crippen molar-refractivity contribution in [2.45, 2.75) is 31.4 Å². The molecule has 1 amide bonds. The summed E-state index contributed by atoms with van der Waals surface area (Å²) in [4.78, 5) is 24.8. The zero-order valence-electron chi connectivity index (χ0n) is 14.6. The third kappa shape index (κ3) is 2.74. The summed E-state index contributed by atoms with van der Waals surface area (Å²) < 4.78 is 13.1. The van der Waals surface area contributed by atoms with E-state index in [-0.39, 0.29) is 11.3 Å². The number of halogens is 1. The molecule has 0 aromatic heterocycles. The number of hydrogen-bond donors (Lipinski definition) is 1. The highest BCUT2D eigenvalue weighted by Gasteiger charge is 2.48. The first-order valence-corrected chi connectivity index (χ1v) is 8.14. The van der Waals surface area contributed by atoms with Crippen molar-refractivity contribution in [2.24, 2.45) is 0 Å². The van der Waals surface area contributed by atoms with Crippen molar-refractivity contribution in [1.29, 1.82) is 0 Å². The molecule has 1 aliphatic rings. The third-order valence-corrected chi connectivity index (χ3v) is 5.13. The van der Waals surface area contributed by atoms with Crippen molar-refractivity contribution in [3.8, 4) is 0 Å². The van der Waals surface area contributed by atoms with E-state index in [0.29, 0.717) is 5.56 Å². The lowest BCUT2D eigenvalue weighted by Crippen LogP contribution is -2.40. The number of amides is 1. The van der Waals surface area contributed by atoms with Gasteiger partial charge in [-0.1, -0.05) is 19.9 Å². The average molecular weight is 358 g/mol.